The number of carbonyl (C=O) groups excluding carboxylic acids is 3. The molecule has 0 spiro atoms. The zero-order chi connectivity index (χ0) is 40.5. The van der Waals surface area contributed by atoms with Gasteiger partial charge in [-0.15, -0.1) is 0 Å². The molecule has 0 bridgehead atoms. The Morgan fingerprint density at radius 3 is 0.945 bits per heavy atom. The van der Waals surface area contributed by atoms with E-state index in [-0.39, 0.29) is 31.1 Å². The van der Waals surface area contributed by atoms with Crippen molar-refractivity contribution in [2.45, 2.75) is 272 Å². The smallest absolute Gasteiger partial charge is 0.306 e. The molecule has 0 rings (SSSR count). The molecule has 0 amide bonds. The third-order valence-corrected chi connectivity index (χ3v) is 11.7. The third kappa shape index (κ3) is 40.4. The van der Waals surface area contributed by atoms with E-state index in [1.165, 1.54) is 148 Å². The van der Waals surface area contributed by atoms with Gasteiger partial charge in [0.2, 0.25) is 0 Å². The summed E-state index contributed by atoms with van der Waals surface area (Å²) in [7, 11) is 0. The van der Waals surface area contributed by atoms with Gasteiger partial charge in [0.25, 0.3) is 0 Å². The highest BCUT2D eigenvalue weighted by Gasteiger charge is 2.19. The summed E-state index contributed by atoms with van der Waals surface area (Å²) in [5.41, 5.74) is 0. The van der Waals surface area contributed by atoms with Crippen molar-refractivity contribution < 1.29 is 28.6 Å². The van der Waals surface area contributed by atoms with Gasteiger partial charge in [0.15, 0.2) is 6.10 Å². The molecule has 6 nitrogen and oxygen atoms in total. The molecule has 55 heavy (non-hydrogen) atoms. The van der Waals surface area contributed by atoms with Crippen molar-refractivity contribution in [1.82, 2.24) is 0 Å². The highest BCUT2D eigenvalue weighted by molar-refractivity contribution is 5.71. The Balaban J connectivity index is 4.14. The molecular weight excluding hydrogens is 685 g/mol. The fourth-order valence-electron chi connectivity index (χ4n) is 7.22. The first-order valence-electron chi connectivity index (χ1n) is 24.3. The lowest BCUT2D eigenvalue weighted by Gasteiger charge is -2.18. The Kier molecular flexibility index (Phi) is 40.8. The van der Waals surface area contributed by atoms with E-state index in [4.69, 9.17) is 14.2 Å². The second-order valence-electron chi connectivity index (χ2n) is 17.2. The molecular formula is C49H94O6. The van der Waals surface area contributed by atoms with Crippen LogP contribution in [0.5, 0.6) is 0 Å². The van der Waals surface area contributed by atoms with Crippen LogP contribution in [0, 0.1) is 11.8 Å². The summed E-state index contributed by atoms with van der Waals surface area (Å²) < 4.78 is 16.6. The first-order valence-corrected chi connectivity index (χ1v) is 24.3. The Labute approximate surface area is 342 Å². The molecule has 0 aromatic heterocycles. The minimum Gasteiger partial charge on any atom is -0.462 e. The summed E-state index contributed by atoms with van der Waals surface area (Å²) in [6, 6.07) is 0. The van der Waals surface area contributed by atoms with Crippen molar-refractivity contribution in [3.8, 4) is 0 Å². The van der Waals surface area contributed by atoms with E-state index in [2.05, 4.69) is 34.6 Å². The van der Waals surface area contributed by atoms with Gasteiger partial charge in [-0.1, -0.05) is 227 Å². The summed E-state index contributed by atoms with van der Waals surface area (Å²) >= 11 is 0. The molecule has 0 aromatic carbocycles. The molecule has 326 valence electrons. The van der Waals surface area contributed by atoms with Crippen LogP contribution in [0.4, 0.5) is 0 Å². The van der Waals surface area contributed by atoms with Crippen LogP contribution in [0.1, 0.15) is 266 Å². The van der Waals surface area contributed by atoms with Gasteiger partial charge in [0, 0.05) is 19.3 Å². The second-order valence-corrected chi connectivity index (χ2v) is 17.2. The number of rotatable bonds is 43. The van der Waals surface area contributed by atoms with E-state index < -0.39 is 6.10 Å². The van der Waals surface area contributed by atoms with Crippen molar-refractivity contribution in [2.24, 2.45) is 11.8 Å². The third-order valence-electron chi connectivity index (χ3n) is 11.7. The van der Waals surface area contributed by atoms with Crippen LogP contribution < -0.4 is 0 Å². The van der Waals surface area contributed by atoms with Crippen LogP contribution in [0.3, 0.4) is 0 Å². The van der Waals surface area contributed by atoms with Crippen LogP contribution in [0.15, 0.2) is 0 Å². The van der Waals surface area contributed by atoms with Gasteiger partial charge in [-0.3, -0.25) is 14.4 Å². The maximum atomic E-state index is 12.7. The molecule has 0 heterocycles. The van der Waals surface area contributed by atoms with Crippen LogP contribution in [-0.4, -0.2) is 37.2 Å². The zero-order valence-corrected chi connectivity index (χ0v) is 37.6. The second kappa shape index (κ2) is 42.0. The fraction of sp³-hybridized carbons (Fsp3) is 0.939. The van der Waals surface area contributed by atoms with Crippen LogP contribution in [-0.2, 0) is 28.6 Å². The predicted molar refractivity (Wildman–Crippen MR) is 233 cm³/mol. The lowest BCUT2D eigenvalue weighted by atomic mass is 9.99. The lowest BCUT2D eigenvalue weighted by Crippen LogP contribution is -2.30. The molecule has 0 aliphatic heterocycles. The van der Waals surface area contributed by atoms with E-state index in [1.807, 2.05) is 0 Å². The highest BCUT2D eigenvalue weighted by Crippen LogP contribution is 2.18. The molecule has 0 N–H and O–H groups in total. The Hall–Kier alpha value is -1.59. The number of ether oxygens (including phenoxy) is 3. The quantitative estimate of drug-likeness (QED) is 0.0348. The van der Waals surface area contributed by atoms with E-state index in [0.717, 1.165) is 76.0 Å². The van der Waals surface area contributed by atoms with Gasteiger partial charge in [-0.25, -0.2) is 0 Å². The van der Waals surface area contributed by atoms with E-state index >= 15 is 0 Å². The molecule has 0 saturated carbocycles. The van der Waals surface area contributed by atoms with Crippen molar-refractivity contribution in [2.75, 3.05) is 13.2 Å². The van der Waals surface area contributed by atoms with E-state index in [1.54, 1.807) is 0 Å². The van der Waals surface area contributed by atoms with E-state index in [0.29, 0.717) is 19.3 Å². The number of carbonyl (C=O) groups is 3. The molecule has 2 unspecified atom stereocenters. The van der Waals surface area contributed by atoms with Gasteiger partial charge in [0.1, 0.15) is 13.2 Å². The van der Waals surface area contributed by atoms with Crippen molar-refractivity contribution in [3.05, 3.63) is 0 Å². The van der Waals surface area contributed by atoms with Gasteiger partial charge >= 0.3 is 17.9 Å². The first kappa shape index (κ1) is 53.4. The topological polar surface area (TPSA) is 78.9 Å². The van der Waals surface area contributed by atoms with Crippen LogP contribution in [0.2, 0.25) is 0 Å². The van der Waals surface area contributed by atoms with Crippen molar-refractivity contribution in [3.63, 3.8) is 0 Å². The number of hydrogen-bond donors (Lipinski definition) is 0. The largest absolute Gasteiger partial charge is 0.462 e. The summed E-state index contributed by atoms with van der Waals surface area (Å²) in [6.45, 7) is 11.3. The molecule has 0 fully saturated rings. The monoisotopic (exact) mass is 779 g/mol. The Bertz CT molecular complexity index is 843. The minimum absolute atomic E-state index is 0.0653. The van der Waals surface area contributed by atoms with Crippen LogP contribution in [0.25, 0.3) is 0 Å². The Morgan fingerprint density at radius 2 is 0.636 bits per heavy atom. The summed E-state index contributed by atoms with van der Waals surface area (Å²) in [5.74, 6) is 0.896. The first-order chi connectivity index (χ1) is 26.8. The molecule has 0 aliphatic carbocycles. The average Bonchev–Trinajstić information content (AvgIpc) is 3.18. The van der Waals surface area contributed by atoms with Gasteiger partial charge in [0.05, 0.1) is 0 Å². The molecule has 0 aliphatic rings. The summed E-state index contributed by atoms with van der Waals surface area (Å²) in [4.78, 5) is 37.6. The maximum absolute atomic E-state index is 12.7. The van der Waals surface area contributed by atoms with E-state index in [9.17, 15) is 14.4 Å². The SMILES string of the molecule is CCCCCCCC(=O)OC[C@H](COC(=O)CCCCCCCCCCCCCCCCC(C)CC)OC(=O)CCCCCCCCCCCCC(C)CC. The molecule has 6 heteroatoms. The minimum atomic E-state index is -0.759. The summed E-state index contributed by atoms with van der Waals surface area (Å²) in [6.07, 6.45) is 41.1. The number of hydrogen-bond acceptors (Lipinski definition) is 6. The molecule has 0 aromatic rings. The standard InChI is InChI=1S/C49H94O6/c1-6-9-10-27-34-39-47(50)53-42-46(55-49(52)41-36-31-26-22-18-17-20-24-29-33-38-45(5)8-3)43-54-48(51)40-35-30-25-21-16-14-12-11-13-15-19-23-28-32-37-44(4)7-2/h44-46H,6-43H2,1-5H3/t44?,45?,46-/m1/s1. The van der Waals surface area contributed by atoms with Crippen molar-refractivity contribution >= 4 is 17.9 Å². The predicted octanol–water partition coefficient (Wildman–Crippen LogP) is 15.4. The number of unbranched alkanes of at least 4 members (excludes halogenated alkanes) is 26. The van der Waals surface area contributed by atoms with Crippen molar-refractivity contribution in [1.29, 1.82) is 0 Å². The zero-order valence-electron chi connectivity index (χ0n) is 37.6. The highest BCUT2D eigenvalue weighted by atomic mass is 16.6. The number of esters is 3. The lowest BCUT2D eigenvalue weighted by molar-refractivity contribution is -0.167. The average molecular weight is 779 g/mol. The van der Waals surface area contributed by atoms with Gasteiger partial charge < -0.3 is 14.2 Å². The normalized spacial score (nSPS) is 13.0. The van der Waals surface area contributed by atoms with Crippen LogP contribution >= 0.6 is 0 Å². The fourth-order valence-corrected chi connectivity index (χ4v) is 7.22. The Morgan fingerprint density at radius 1 is 0.364 bits per heavy atom. The molecule has 0 saturated heterocycles. The molecule has 3 atom stereocenters. The summed E-state index contributed by atoms with van der Waals surface area (Å²) in [5, 5.41) is 0. The van der Waals surface area contributed by atoms with Gasteiger partial charge in [-0.05, 0) is 31.1 Å². The molecule has 0 radical (unpaired) electrons. The van der Waals surface area contributed by atoms with Gasteiger partial charge in [-0.2, -0.15) is 0 Å². The maximum Gasteiger partial charge on any atom is 0.306 e.